The molecule has 1 fully saturated rings. The summed E-state index contributed by atoms with van der Waals surface area (Å²) in [4.78, 5) is 26.6. The predicted octanol–water partition coefficient (Wildman–Crippen LogP) is 2.75. The maximum absolute atomic E-state index is 12.7. The monoisotopic (exact) mass is 372 g/mol. The fraction of sp³-hybridized carbons (Fsp3) is 0.524. The Hall–Kier alpha value is -2.34. The fourth-order valence-corrected chi connectivity index (χ4v) is 3.68. The van der Waals surface area contributed by atoms with Gasteiger partial charge in [-0.2, -0.15) is 0 Å². The van der Waals surface area contributed by atoms with Crippen LogP contribution in [0.3, 0.4) is 0 Å². The van der Waals surface area contributed by atoms with Crippen LogP contribution in [-0.4, -0.2) is 40.1 Å². The van der Waals surface area contributed by atoms with Gasteiger partial charge in [0, 0.05) is 17.8 Å². The number of benzene rings is 1. The van der Waals surface area contributed by atoms with E-state index in [1.54, 1.807) is 24.0 Å². The van der Waals surface area contributed by atoms with Crippen LogP contribution in [0, 0.1) is 0 Å². The molecular formula is C21H28N2O4. The molecule has 0 radical (unpaired) electrons. The highest BCUT2D eigenvalue weighted by Gasteiger charge is 2.38. The lowest BCUT2D eigenvalue weighted by Gasteiger charge is -2.30. The van der Waals surface area contributed by atoms with Crippen molar-refractivity contribution >= 4 is 11.8 Å². The van der Waals surface area contributed by atoms with Crippen LogP contribution in [0.5, 0.6) is 5.75 Å². The van der Waals surface area contributed by atoms with E-state index >= 15 is 0 Å². The summed E-state index contributed by atoms with van der Waals surface area (Å²) in [6.07, 6.45) is 3.23. The van der Waals surface area contributed by atoms with Crippen LogP contribution < -0.4 is 10.1 Å². The Morgan fingerprint density at radius 1 is 1.41 bits per heavy atom. The second-order valence-corrected chi connectivity index (χ2v) is 7.44. The normalized spacial score (nSPS) is 21.7. The van der Waals surface area contributed by atoms with Gasteiger partial charge in [-0.25, -0.2) is 0 Å². The Morgan fingerprint density at radius 3 is 2.85 bits per heavy atom. The summed E-state index contributed by atoms with van der Waals surface area (Å²) in [5, 5.41) is 12.7. The van der Waals surface area contributed by atoms with Crippen molar-refractivity contribution in [3.05, 3.63) is 41.6 Å². The van der Waals surface area contributed by atoms with Gasteiger partial charge in [0.05, 0.1) is 6.10 Å². The maximum Gasteiger partial charge on any atom is 0.255 e. The lowest BCUT2D eigenvalue weighted by atomic mass is 10.0. The number of nitrogens with one attached hydrogen (secondary N) is 1. The first-order chi connectivity index (χ1) is 12.9. The Labute approximate surface area is 160 Å². The van der Waals surface area contributed by atoms with Gasteiger partial charge in [-0.05, 0) is 56.4 Å². The number of carbonyl (C=O) groups is 2. The van der Waals surface area contributed by atoms with Crippen molar-refractivity contribution in [3.8, 4) is 5.75 Å². The molecule has 6 nitrogen and oxygen atoms in total. The van der Waals surface area contributed by atoms with Gasteiger partial charge < -0.3 is 20.1 Å². The average molecular weight is 372 g/mol. The molecule has 0 bridgehead atoms. The number of piperidine rings is 1. The molecular weight excluding hydrogens is 344 g/mol. The number of amides is 2. The minimum absolute atomic E-state index is 0.123. The molecule has 2 aliphatic heterocycles. The topological polar surface area (TPSA) is 78.9 Å². The number of hydrogen-bond acceptors (Lipinski definition) is 4. The SMILES string of the molecule is C=C1CCC(N2Cc3cc(OC(CCCC)C(C)O)ccc3C2=O)C(=O)N1. The molecule has 2 amide bonds. The number of fused-ring (bicyclic) bond motifs is 1. The Morgan fingerprint density at radius 2 is 2.19 bits per heavy atom. The molecule has 1 aromatic carbocycles. The van der Waals surface area contributed by atoms with Crippen molar-refractivity contribution in [3.63, 3.8) is 0 Å². The molecule has 27 heavy (non-hydrogen) atoms. The van der Waals surface area contributed by atoms with E-state index in [4.69, 9.17) is 4.74 Å². The molecule has 3 rings (SSSR count). The number of hydrogen-bond donors (Lipinski definition) is 2. The van der Waals surface area contributed by atoms with Gasteiger partial charge in [-0.15, -0.1) is 0 Å². The largest absolute Gasteiger partial charge is 0.488 e. The summed E-state index contributed by atoms with van der Waals surface area (Å²) in [6.45, 7) is 8.01. The molecule has 2 heterocycles. The van der Waals surface area contributed by atoms with Crippen molar-refractivity contribution in [2.45, 2.75) is 70.7 Å². The van der Waals surface area contributed by atoms with Crippen LogP contribution in [0.4, 0.5) is 0 Å². The molecule has 3 atom stereocenters. The number of unbranched alkanes of at least 4 members (excludes halogenated alkanes) is 1. The molecule has 0 saturated carbocycles. The highest BCUT2D eigenvalue weighted by Crippen LogP contribution is 2.31. The summed E-state index contributed by atoms with van der Waals surface area (Å²) in [7, 11) is 0. The minimum atomic E-state index is -0.568. The van der Waals surface area contributed by atoms with Gasteiger partial charge in [0.1, 0.15) is 17.9 Å². The van der Waals surface area contributed by atoms with Crippen LogP contribution in [0.25, 0.3) is 0 Å². The summed E-state index contributed by atoms with van der Waals surface area (Å²) >= 11 is 0. The Balaban J connectivity index is 1.73. The number of carbonyl (C=O) groups excluding carboxylic acids is 2. The average Bonchev–Trinajstić information content (AvgIpc) is 2.94. The van der Waals surface area contributed by atoms with E-state index in [9.17, 15) is 14.7 Å². The highest BCUT2D eigenvalue weighted by atomic mass is 16.5. The summed E-state index contributed by atoms with van der Waals surface area (Å²) in [5.74, 6) is 0.353. The van der Waals surface area contributed by atoms with Gasteiger partial charge in [0.2, 0.25) is 5.91 Å². The molecule has 1 aromatic rings. The molecule has 6 heteroatoms. The first kappa shape index (κ1) is 19.4. The number of ether oxygens (including phenoxy) is 1. The van der Waals surface area contributed by atoms with Gasteiger partial charge in [-0.1, -0.05) is 19.9 Å². The van der Waals surface area contributed by atoms with E-state index in [1.807, 2.05) is 6.07 Å². The van der Waals surface area contributed by atoms with Crippen molar-refractivity contribution in [2.75, 3.05) is 0 Å². The molecule has 0 spiro atoms. The molecule has 2 N–H and O–H groups in total. The molecule has 0 aliphatic carbocycles. The Bertz CT molecular complexity index is 744. The number of rotatable bonds is 7. The summed E-state index contributed by atoms with van der Waals surface area (Å²) in [6, 6.07) is 4.92. The molecule has 146 valence electrons. The molecule has 2 aliphatic rings. The van der Waals surface area contributed by atoms with Crippen LogP contribution in [0.15, 0.2) is 30.5 Å². The van der Waals surface area contributed by atoms with Crippen molar-refractivity contribution in [1.82, 2.24) is 10.2 Å². The van der Waals surface area contributed by atoms with Crippen molar-refractivity contribution in [1.29, 1.82) is 0 Å². The van der Waals surface area contributed by atoms with Gasteiger partial charge >= 0.3 is 0 Å². The Kier molecular flexibility index (Phi) is 5.85. The molecule has 1 saturated heterocycles. The second kappa shape index (κ2) is 8.13. The molecule has 3 unspecified atom stereocenters. The lowest BCUT2D eigenvalue weighted by Crippen LogP contribution is -2.49. The summed E-state index contributed by atoms with van der Waals surface area (Å²) < 4.78 is 5.98. The van der Waals surface area contributed by atoms with Crippen LogP contribution >= 0.6 is 0 Å². The van der Waals surface area contributed by atoms with E-state index in [0.717, 1.165) is 24.8 Å². The number of aliphatic hydroxyl groups excluding tert-OH is 1. The third-order valence-corrected chi connectivity index (χ3v) is 5.27. The van der Waals surface area contributed by atoms with Crippen LogP contribution in [0.2, 0.25) is 0 Å². The first-order valence-corrected chi connectivity index (χ1v) is 9.68. The fourth-order valence-electron chi connectivity index (χ4n) is 3.68. The number of aliphatic hydroxyl groups is 1. The third kappa shape index (κ3) is 4.16. The van der Waals surface area contributed by atoms with Crippen molar-refractivity contribution in [2.24, 2.45) is 0 Å². The van der Waals surface area contributed by atoms with E-state index in [0.29, 0.717) is 36.4 Å². The van der Waals surface area contributed by atoms with Gasteiger partial charge in [0.25, 0.3) is 5.91 Å². The quantitative estimate of drug-likeness (QED) is 0.771. The minimum Gasteiger partial charge on any atom is -0.488 e. The van der Waals surface area contributed by atoms with Crippen LogP contribution in [-0.2, 0) is 11.3 Å². The second-order valence-electron chi connectivity index (χ2n) is 7.44. The zero-order chi connectivity index (χ0) is 19.6. The van der Waals surface area contributed by atoms with Crippen LogP contribution in [0.1, 0.15) is 61.9 Å². The predicted molar refractivity (Wildman–Crippen MR) is 102 cm³/mol. The van der Waals surface area contributed by atoms with Gasteiger partial charge in [-0.3, -0.25) is 9.59 Å². The van der Waals surface area contributed by atoms with E-state index in [-0.39, 0.29) is 17.9 Å². The number of nitrogens with zero attached hydrogens (tertiary/aromatic N) is 1. The third-order valence-electron chi connectivity index (χ3n) is 5.27. The number of allylic oxidation sites excluding steroid dienone is 1. The van der Waals surface area contributed by atoms with E-state index in [1.165, 1.54) is 0 Å². The lowest BCUT2D eigenvalue weighted by molar-refractivity contribution is -0.126. The highest BCUT2D eigenvalue weighted by molar-refractivity contribution is 6.01. The zero-order valence-corrected chi connectivity index (χ0v) is 16.0. The smallest absolute Gasteiger partial charge is 0.255 e. The summed E-state index contributed by atoms with van der Waals surface area (Å²) in [5.41, 5.74) is 2.17. The van der Waals surface area contributed by atoms with Gasteiger partial charge in [0.15, 0.2) is 0 Å². The standard InChI is InChI=1S/C21H28N2O4/c1-4-5-6-19(14(3)24)27-16-8-9-17-15(11-16)12-23(21(17)26)18-10-7-13(2)22-20(18)25/h8-9,11,14,18-19,24H,2,4-7,10,12H2,1,3H3,(H,22,25). The zero-order valence-electron chi connectivity index (χ0n) is 16.0. The maximum atomic E-state index is 12.7. The molecule has 0 aromatic heterocycles. The van der Waals surface area contributed by atoms with E-state index < -0.39 is 12.1 Å². The van der Waals surface area contributed by atoms with E-state index in [2.05, 4.69) is 18.8 Å². The first-order valence-electron chi connectivity index (χ1n) is 9.68. The van der Waals surface area contributed by atoms with Crippen molar-refractivity contribution < 1.29 is 19.4 Å².